The van der Waals surface area contributed by atoms with Crippen LogP contribution in [0.15, 0.2) is 11.6 Å². The highest BCUT2D eigenvalue weighted by Crippen LogP contribution is 2.21. The van der Waals surface area contributed by atoms with Gasteiger partial charge >= 0.3 is 0 Å². The summed E-state index contributed by atoms with van der Waals surface area (Å²) in [6.07, 6.45) is 8.83. The predicted molar refractivity (Wildman–Crippen MR) is 37.2 cm³/mol. The zero-order valence-corrected chi connectivity index (χ0v) is 5.60. The first-order valence-electron chi connectivity index (χ1n) is 3.56. The molecule has 0 aromatic rings. The van der Waals surface area contributed by atoms with Crippen molar-refractivity contribution in [1.82, 2.24) is 0 Å². The third kappa shape index (κ3) is 2.00. The Bertz CT molecular complexity index is 117. The van der Waals surface area contributed by atoms with E-state index in [9.17, 15) is 4.79 Å². The Labute approximate surface area is 55.8 Å². The molecule has 1 heteroatoms. The van der Waals surface area contributed by atoms with Crippen LogP contribution < -0.4 is 0 Å². The molecule has 0 aromatic carbocycles. The lowest BCUT2D eigenvalue weighted by Crippen LogP contribution is -1.93. The smallest absolute Gasteiger partial charge is 0.142 e. The van der Waals surface area contributed by atoms with E-state index in [0.717, 1.165) is 19.1 Å². The van der Waals surface area contributed by atoms with Crippen molar-refractivity contribution < 1.29 is 4.79 Å². The summed E-state index contributed by atoms with van der Waals surface area (Å²) < 4.78 is 0. The molecule has 0 aromatic heterocycles. The van der Waals surface area contributed by atoms with Crippen LogP contribution in [0.1, 0.15) is 32.1 Å². The molecule has 1 rings (SSSR count). The summed E-state index contributed by atoms with van der Waals surface area (Å²) in [4.78, 5) is 10.00. The first kappa shape index (κ1) is 6.53. The lowest BCUT2D eigenvalue weighted by molar-refractivity contribution is -0.104. The molecule has 0 unspecified atom stereocenters. The normalized spacial score (nSPS) is 19.3. The Morgan fingerprint density at radius 3 is 2.33 bits per heavy atom. The van der Waals surface area contributed by atoms with Crippen molar-refractivity contribution in [1.29, 1.82) is 0 Å². The molecule has 0 saturated heterocycles. The van der Waals surface area contributed by atoms with Crippen LogP contribution >= 0.6 is 0 Å². The second-order valence-electron chi connectivity index (χ2n) is 2.52. The highest BCUT2D eigenvalue weighted by molar-refractivity contribution is 5.66. The standard InChI is InChI=1S/C8H12O/c9-7-6-8-4-2-1-3-5-8/h6-7H,1-5H2. The molecule has 0 heterocycles. The number of aldehydes is 1. The minimum atomic E-state index is 0.903. The summed E-state index contributed by atoms with van der Waals surface area (Å²) in [5, 5.41) is 0. The molecule has 0 spiro atoms. The van der Waals surface area contributed by atoms with Crippen LogP contribution in [0.25, 0.3) is 0 Å². The molecule has 0 aliphatic heterocycles. The van der Waals surface area contributed by atoms with Gasteiger partial charge in [-0.3, -0.25) is 4.79 Å². The van der Waals surface area contributed by atoms with Crippen LogP contribution in [0.5, 0.6) is 0 Å². The summed E-state index contributed by atoms with van der Waals surface area (Å²) in [6, 6.07) is 0. The predicted octanol–water partition coefficient (Wildman–Crippen LogP) is 2.08. The van der Waals surface area contributed by atoms with E-state index in [4.69, 9.17) is 0 Å². The number of hydrogen-bond acceptors (Lipinski definition) is 1. The van der Waals surface area contributed by atoms with Crippen molar-refractivity contribution in [3.8, 4) is 0 Å². The Balaban J connectivity index is 2.39. The van der Waals surface area contributed by atoms with Crippen LogP contribution in [0.3, 0.4) is 0 Å². The third-order valence-electron chi connectivity index (χ3n) is 1.80. The highest BCUT2D eigenvalue weighted by Gasteiger charge is 2.03. The number of allylic oxidation sites excluding steroid dienone is 2. The lowest BCUT2D eigenvalue weighted by Gasteiger charge is -2.11. The molecule has 1 nitrogen and oxygen atoms in total. The van der Waals surface area contributed by atoms with E-state index in [0.29, 0.717) is 0 Å². The SMILES string of the molecule is O=CC=C1CCCCC1. The first-order chi connectivity index (χ1) is 4.43. The zero-order valence-electron chi connectivity index (χ0n) is 5.60. The second kappa shape index (κ2) is 3.44. The summed E-state index contributed by atoms with van der Waals surface area (Å²) >= 11 is 0. The maximum atomic E-state index is 10.00. The quantitative estimate of drug-likeness (QED) is 0.386. The van der Waals surface area contributed by atoms with E-state index in [1.807, 2.05) is 0 Å². The fourth-order valence-electron chi connectivity index (χ4n) is 1.27. The molecular formula is C8H12O. The molecule has 1 aliphatic rings. The minimum Gasteiger partial charge on any atom is -0.299 e. The topological polar surface area (TPSA) is 17.1 Å². The third-order valence-corrected chi connectivity index (χ3v) is 1.80. The van der Waals surface area contributed by atoms with Crippen molar-refractivity contribution in [3.05, 3.63) is 11.6 Å². The van der Waals surface area contributed by atoms with Crippen molar-refractivity contribution in [2.24, 2.45) is 0 Å². The molecule has 0 amide bonds. The van der Waals surface area contributed by atoms with Crippen LogP contribution in [-0.4, -0.2) is 6.29 Å². The van der Waals surface area contributed by atoms with E-state index in [-0.39, 0.29) is 0 Å². The molecule has 9 heavy (non-hydrogen) atoms. The van der Waals surface area contributed by atoms with Crippen LogP contribution in [0, 0.1) is 0 Å². The average molecular weight is 124 g/mol. The van der Waals surface area contributed by atoms with Crippen LogP contribution in [-0.2, 0) is 4.79 Å². The van der Waals surface area contributed by atoms with Crippen molar-refractivity contribution in [2.45, 2.75) is 32.1 Å². The van der Waals surface area contributed by atoms with Gasteiger partial charge in [0, 0.05) is 0 Å². The van der Waals surface area contributed by atoms with Gasteiger partial charge in [-0.2, -0.15) is 0 Å². The van der Waals surface area contributed by atoms with Gasteiger partial charge in [-0.25, -0.2) is 0 Å². The van der Waals surface area contributed by atoms with Gasteiger partial charge in [-0.05, 0) is 31.8 Å². The Hall–Kier alpha value is -0.590. The fourth-order valence-corrected chi connectivity index (χ4v) is 1.27. The molecule has 0 atom stereocenters. The van der Waals surface area contributed by atoms with Gasteiger partial charge in [0.05, 0.1) is 0 Å². The molecule has 1 aliphatic carbocycles. The monoisotopic (exact) mass is 124 g/mol. The van der Waals surface area contributed by atoms with Crippen molar-refractivity contribution in [3.63, 3.8) is 0 Å². The molecule has 50 valence electrons. The van der Waals surface area contributed by atoms with Crippen molar-refractivity contribution >= 4 is 6.29 Å². The Kier molecular flexibility index (Phi) is 2.49. The Morgan fingerprint density at radius 2 is 1.78 bits per heavy atom. The second-order valence-corrected chi connectivity index (χ2v) is 2.52. The summed E-state index contributed by atoms with van der Waals surface area (Å²) in [7, 11) is 0. The molecule has 0 bridgehead atoms. The van der Waals surface area contributed by atoms with Gasteiger partial charge in [0.25, 0.3) is 0 Å². The number of rotatable bonds is 1. The zero-order chi connectivity index (χ0) is 6.53. The first-order valence-corrected chi connectivity index (χ1v) is 3.56. The van der Waals surface area contributed by atoms with E-state index < -0.39 is 0 Å². The fraction of sp³-hybridized carbons (Fsp3) is 0.625. The van der Waals surface area contributed by atoms with E-state index >= 15 is 0 Å². The lowest BCUT2D eigenvalue weighted by atomic mass is 9.95. The summed E-state index contributed by atoms with van der Waals surface area (Å²) in [5.74, 6) is 0. The maximum Gasteiger partial charge on any atom is 0.142 e. The van der Waals surface area contributed by atoms with Gasteiger partial charge in [0.2, 0.25) is 0 Å². The van der Waals surface area contributed by atoms with Gasteiger partial charge in [0.15, 0.2) is 0 Å². The summed E-state index contributed by atoms with van der Waals surface area (Å²) in [6.45, 7) is 0. The Morgan fingerprint density at radius 1 is 1.11 bits per heavy atom. The van der Waals surface area contributed by atoms with Gasteiger partial charge in [-0.15, -0.1) is 0 Å². The van der Waals surface area contributed by atoms with Gasteiger partial charge in [-0.1, -0.05) is 12.0 Å². The number of carbonyl (C=O) groups excluding carboxylic acids is 1. The van der Waals surface area contributed by atoms with Crippen molar-refractivity contribution in [2.75, 3.05) is 0 Å². The highest BCUT2D eigenvalue weighted by atomic mass is 16.1. The van der Waals surface area contributed by atoms with E-state index in [2.05, 4.69) is 0 Å². The molecule has 1 saturated carbocycles. The van der Waals surface area contributed by atoms with Crippen LogP contribution in [0.4, 0.5) is 0 Å². The number of carbonyl (C=O) groups is 1. The van der Waals surface area contributed by atoms with Gasteiger partial charge in [0.1, 0.15) is 6.29 Å². The van der Waals surface area contributed by atoms with E-state index in [1.165, 1.54) is 24.8 Å². The van der Waals surface area contributed by atoms with E-state index in [1.54, 1.807) is 6.08 Å². The molecule has 0 radical (unpaired) electrons. The average Bonchev–Trinajstić information content (AvgIpc) is 1.91. The minimum absolute atomic E-state index is 0.903. The largest absolute Gasteiger partial charge is 0.299 e. The van der Waals surface area contributed by atoms with Crippen LogP contribution in [0.2, 0.25) is 0 Å². The molecule has 0 N–H and O–H groups in total. The molecular weight excluding hydrogens is 112 g/mol. The summed E-state index contributed by atoms with van der Waals surface area (Å²) in [5.41, 5.74) is 1.34. The number of hydrogen-bond donors (Lipinski definition) is 0. The van der Waals surface area contributed by atoms with Gasteiger partial charge < -0.3 is 0 Å². The molecule has 1 fully saturated rings. The maximum absolute atomic E-state index is 10.00.